The van der Waals surface area contributed by atoms with Crippen LogP contribution >= 0.6 is 11.6 Å². The Balaban J connectivity index is 1.81. The van der Waals surface area contributed by atoms with Crippen molar-refractivity contribution in [2.45, 2.75) is 25.3 Å². The molecule has 0 saturated carbocycles. The molecule has 2 aromatic rings. The predicted octanol–water partition coefficient (Wildman–Crippen LogP) is 2.59. The fourth-order valence-corrected chi connectivity index (χ4v) is 2.51. The van der Waals surface area contributed by atoms with E-state index in [0.717, 1.165) is 13.0 Å². The summed E-state index contributed by atoms with van der Waals surface area (Å²) in [4.78, 5) is 16.4. The van der Waals surface area contributed by atoms with Crippen molar-refractivity contribution in [3.05, 3.63) is 41.2 Å². The minimum Gasteiger partial charge on any atom is -0.323 e. The van der Waals surface area contributed by atoms with Crippen molar-refractivity contribution in [2.24, 2.45) is 0 Å². The van der Waals surface area contributed by atoms with Crippen molar-refractivity contribution in [1.29, 1.82) is 0 Å². The molecule has 1 aromatic carbocycles. The Bertz CT molecular complexity index is 658. The molecule has 0 radical (unpaired) electrons. The molecule has 0 fully saturated rings. The molecule has 2 heterocycles. The number of carbonyl (C=O) groups excluding carboxylic acids is 1. The van der Waals surface area contributed by atoms with Gasteiger partial charge in [-0.2, -0.15) is 5.10 Å². The molecule has 5 nitrogen and oxygen atoms in total. The number of benzene rings is 1. The lowest BCUT2D eigenvalue weighted by Crippen LogP contribution is -2.28. The fourth-order valence-electron chi connectivity index (χ4n) is 2.35. The maximum absolute atomic E-state index is 13.7. The number of aryl methyl sites for hydroxylation is 1. The Morgan fingerprint density at radius 1 is 1.50 bits per heavy atom. The van der Waals surface area contributed by atoms with Gasteiger partial charge in [0, 0.05) is 11.6 Å². The van der Waals surface area contributed by atoms with Crippen molar-refractivity contribution < 1.29 is 9.18 Å². The zero-order chi connectivity index (χ0) is 14.1. The topological polar surface area (TPSA) is 59.8 Å². The van der Waals surface area contributed by atoms with E-state index in [1.165, 1.54) is 24.5 Å². The summed E-state index contributed by atoms with van der Waals surface area (Å²) in [7, 11) is 0. The van der Waals surface area contributed by atoms with Gasteiger partial charge in [0.15, 0.2) is 0 Å². The van der Waals surface area contributed by atoms with E-state index in [1.807, 2.05) is 0 Å². The Hall–Kier alpha value is -1.95. The smallest absolute Gasteiger partial charge is 0.235 e. The van der Waals surface area contributed by atoms with Gasteiger partial charge in [-0.15, -0.1) is 0 Å². The first-order valence-electron chi connectivity index (χ1n) is 6.29. The second kappa shape index (κ2) is 5.20. The van der Waals surface area contributed by atoms with Crippen LogP contribution in [0.2, 0.25) is 5.02 Å². The molecule has 1 amide bonds. The van der Waals surface area contributed by atoms with Crippen LogP contribution < -0.4 is 5.32 Å². The van der Waals surface area contributed by atoms with E-state index >= 15 is 0 Å². The van der Waals surface area contributed by atoms with Crippen molar-refractivity contribution in [3.63, 3.8) is 0 Å². The zero-order valence-corrected chi connectivity index (χ0v) is 11.3. The monoisotopic (exact) mass is 294 g/mol. The lowest BCUT2D eigenvalue weighted by molar-refractivity contribution is -0.118. The molecular formula is C13H12ClFN4O. The predicted molar refractivity (Wildman–Crippen MR) is 72.0 cm³/mol. The van der Waals surface area contributed by atoms with Crippen LogP contribution in [0.3, 0.4) is 0 Å². The molecule has 0 bridgehead atoms. The maximum Gasteiger partial charge on any atom is 0.235 e. The molecule has 0 saturated heterocycles. The van der Waals surface area contributed by atoms with Crippen LogP contribution in [0.4, 0.5) is 10.1 Å². The van der Waals surface area contributed by atoms with Gasteiger partial charge in [0.05, 0.1) is 11.6 Å². The van der Waals surface area contributed by atoms with Crippen LogP contribution in [0, 0.1) is 5.82 Å². The number of nitrogens with zero attached hydrogens (tertiary/aromatic N) is 3. The standard InChI is InChI=1S/C13H12ClFN4O/c14-8-3-4-11(10(15)6-8)18-13(20)9-2-1-5-19-12(9)16-7-17-19/h3-4,6-7,9H,1-2,5H2,(H,18,20). The number of rotatable bonds is 2. The second-order valence-corrected chi connectivity index (χ2v) is 5.09. The summed E-state index contributed by atoms with van der Waals surface area (Å²) in [6.07, 6.45) is 2.96. The van der Waals surface area contributed by atoms with Crippen LogP contribution in [0.1, 0.15) is 24.6 Å². The molecule has 1 aliphatic rings. The number of hydrogen-bond acceptors (Lipinski definition) is 3. The third-order valence-corrected chi connectivity index (χ3v) is 3.56. The average Bonchev–Trinajstić information content (AvgIpc) is 2.90. The molecule has 3 rings (SSSR count). The summed E-state index contributed by atoms with van der Waals surface area (Å²) in [6.45, 7) is 0.758. The van der Waals surface area contributed by atoms with Gasteiger partial charge in [0.25, 0.3) is 0 Å². The molecular weight excluding hydrogens is 283 g/mol. The van der Waals surface area contributed by atoms with Crippen molar-refractivity contribution in [2.75, 3.05) is 5.32 Å². The number of nitrogens with one attached hydrogen (secondary N) is 1. The Labute approximate surface area is 119 Å². The highest BCUT2D eigenvalue weighted by atomic mass is 35.5. The van der Waals surface area contributed by atoms with Gasteiger partial charge in [-0.05, 0) is 31.0 Å². The van der Waals surface area contributed by atoms with Crippen LogP contribution in [0.15, 0.2) is 24.5 Å². The fraction of sp³-hybridized carbons (Fsp3) is 0.308. The van der Waals surface area contributed by atoms with Crippen molar-refractivity contribution >= 4 is 23.2 Å². The third kappa shape index (κ3) is 2.38. The minimum absolute atomic E-state index is 0.121. The first kappa shape index (κ1) is 13.1. The van der Waals surface area contributed by atoms with E-state index in [-0.39, 0.29) is 16.6 Å². The highest BCUT2D eigenvalue weighted by Crippen LogP contribution is 2.27. The SMILES string of the molecule is O=C(Nc1ccc(Cl)cc1F)C1CCCn2ncnc21. The molecule has 1 aliphatic heterocycles. The molecule has 104 valence electrons. The number of fused-ring (bicyclic) bond motifs is 1. The largest absolute Gasteiger partial charge is 0.323 e. The van der Waals surface area contributed by atoms with E-state index in [9.17, 15) is 9.18 Å². The van der Waals surface area contributed by atoms with E-state index < -0.39 is 11.7 Å². The highest BCUT2D eigenvalue weighted by molar-refractivity contribution is 6.30. The number of hydrogen-bond donors (Lipinski definition) is 1. The van der Waals surface area contributed by atoms with Gasteiger partial charge < -0.3 is 5.32 Å². The van der Waals surface area contributed by atoms with Gasteiger partial charge in [0.1, 0.15) is 18.0 Å². The number of halogens is 2. The molecule has 0 aliphatic carbocycles. The second-order valence-electron chi connectivity index (χ2n) is 4.65. The molecule has 1 unspecified atom stereocenters. The molecule has 0 spiro atoms. The molecule has 20 heavy (non-hydrogen) atoms. The summed E-state index contributed by atoms with van der Waals surface area (Å²) in [5, 5.41) is 6.93. The summed E-state index contributed by atoms with van der Waals surface area (Å²) in [5.41, 5.74) is 0.121. The number of carbonyl (C=O) groups is 1. The van der Waals surface area contributed by atoms with Crippen LogP contribution in [-0.2, 0) is 11.3 Å². The first-order chi connectivity index (χ1) is 9.65. The maximum atomic E-state index is 13.7. The summed E-state index contributed by atoms with van der Waals surface area (Å²) in [6, 6.07) is 4.15. The van der Waals surface area contributed by atoms with Crippen molar-refractivity contribution in [1.82, 2.24) is 14.8 Å². The van der Waals surface area contributed by atoms with Crippen LogP contribution in [-0.4, -0.2) is 20.7 Å². The van der Waals surface area contributed by atoms with Gasteiger partial charge >= 0.3 is 0 Å². The average molecular weight is 295 g/mol. The third-order valence-electron chi connectivity index (χ3n) is 3.33. The van der Waals surface area contributed by atoms with Gasteiger partial charge in [-0.25, -0.2) is 14.1 Å². The number of amides is 1. The van der Waals surface area contributed by atoms with Crippen molar-refractivity contribution in [3.8, 4) is 0 Å². The Morgan fingerprint density at radius 2 is 2.35 bits per heavy atom. The lowest BCUT2D eigenvalue weighted by Gasteiger charge is -2.21. The normalized spacial score (nSPS) is 17.6. The summed E-state index contributed by atoms with van der Waals surface area (Å²) >= 11 is 5.68. The summed E-state index contributed by atoms with van der Waals surface area (Å²) < 4.78 is 15.4. The van der Waals surface area contributed by atoms with Gasteiger partial charge in [-0.1, -0.05) is 11.6 Å². The van der Waals surface area contributed by atoms with Gasteiger partial charge in [0.2, 0.25) is 5.91 Å². The van der Waals surface area contributed by atoms with E-state index in [1.54, 1.807) is 4.68 Å². The first-order valence-corrected chi connectivity index (χ1v) is 6.66. The summed E-state index contributed by atoms with van der Waals surface area (Å²) in [5.74, 6) is -0.604. The molecule has 1 aromatic heterocycles. The molecule has 1 atom stereocenters. The number of anilines is 1. The van der Waals surface area contributed by atoms with E-state index in [0.29, 0.717) is 12.2 Å². The zero-order valence-electron chi connectivity index (χ0n) is 10.5. The van der Waals surface area contributed by atoms with Crippen LogP contribution in [0.5, 0.6) is 0 Å². The minimum atomic E-state index is -0.553. The Kier molecular flexibility index (Phi) is 3.40. The highest BCUT2D eigenvalue weighted by Gasteiger charge is 2.29. The van der Waals surface area contributed by atoms with Crippen LogP contribution in [0.25, 0.3) is 0 Å². The molecule has 7 heteroatoms. The lowest BCUT2D eigenvalue weighted by atomic mass is 9.98. The number of aromatic nitrogens is 3. The Morgan fingerprint density at radius 3 is 3.15 bits per heavy atom. The van der Waals surface area contributed by atoms with E-state index in [4.69, 9.17) is 11.6 Å². The van der Waals surface area contributed by atoms with E-state index in [2.05, 4.69) is 15.4 Å². The molecule has 1 N–H and O–H groups in total. The van der Waals surface area contributed by atoms with Gasteiger partial charge in [-0.3, -0.25) is 4.79 Å². The quantitative estimate of drug-likeness (QED) is 0.926.